The van der Waals surface area contributed by atoms with E-state index in [0.717, 1.165) is 50.5 Å². The largest absolute Gasteiger partial charge is 1.00 e. The van der Waals surface area contributed by atoms with Crippen LogP contribution in [0.4, 0.5) is 14.6 Å². The van der Waals surface area contributed by atoms with E-state index in [9.17, 15) is 8.78 Å². The molecule has 6 aromatic carbocycles. The van der Waals surface area contributed by atoms with E-state index in [-0.39, 0.29) is 169 Å². The Morgan fingerprint density at radius 3 is 1.56 bits per heavy atom. The summed E-state index contributed by atoms with van der Waals surface area (Å²) in [6.07, 6.45) is 0. The van der Waals surface area contributed by atoms with Crippen LogP contribution in [0.3, 0.4) is 0 Å². The Labute approximate surface area is 533 Å². The molecule has 0 radical (unpaired) electrons. The third-order valence-corrected chi connectivity index (χ3v) is 9.88. The summed E-state index contributed by atoms with van der Waals surface area (Å²) in [7, 11) is 4.73. The molecule has 0 fully saturated rings. The van der Waals surface area contributed by atoms with E-state index >= 15 is 0 Å². The molecule has 4 N–H and O–H groups in total. The van der Waals surface area contributed by atoms with Crippen molar-refractivity contribution in [2.45, 2.75) is 18.5 Å². The van der Waals surface area contributed by atoms with Crippen molar-refractivity contribution in [2.75, 3.05) is 27.1 Å². The number of H-pyrrole nitrogens is 1. The molecule has 0 amide bonds. The van der Waals surface area contributed by atoms with E-state index < -0.39 is 11.6 Å². The van der Waals surface area contributed by atoms with Gasteiger partial charge in [-0.05, 0) is 89.5 Å². The number of nitrogens with one attached hydrogen (secondary N) is 1. The Kier molecular flexibility index (Phi) is 32.0. The zero-order valence-electron chi connectivity index (χ0n) is 38.0. The molecule has 346 valence electrons. The molecule has 0 aliphatic carbocycles. The fourth-order valence-electron chi connectivity index (χ4n) is 5.11. The maximum atomic E-state index is 13.4. The minimum absolute atomic E-state index is 0. The summed E-state index contributed by atoms with van der Waals surface area (Å²) in [5.74, 6) is 2.06. The number of nitriles is 2. The SMILES string of the molecule is COc1ccc(CBr)cc1Cl.COc1ccc(COc2ccc(C#N)c(F)c2)cc1Cl.COc1ccc(COc2ccc3c(N)n[nH]c3c2)cc1Cl.N#Cc1ccc(O)cc1F.O=CO[O-].[Cs+].[Cs+].[H-]. The van der Waals surface area contributed by atoms with Gasteiger partial charge in [0.05, 0.1) is 53.0 Å². The number of alkyl halides is 1. The first-order valence-corrected chi connectivity index (χ1v) is 20.8. The number of carbonyl (C=O) groups is 1. The van der Waals surface area contributed by atoms with Gasteiger partial charge in [0.25, 0.3) is 6.47 Å². The number of halogens is 6. The van der Waals surface area contributed by atoms with Crippen molar-refractivity contribution < 1.29 is 192 Å². The molecule has 0 bridgehead atoms. The molecular weight excluding hydrogens is 1260 g/mol. The van der Waals surface area contributed by atoms with Gasteiger partial charge in [0.2, 0.25) is 0 Å². The second-order valence-electron chi connectivity index (χ2n) is 12.7. The first-order chi connectivity index (χ1) is 31.7. The summed E-state index contributed by atoms with van der Waals surface area (Å²) in [5.41, 5.74) is 9.45. The Balaban J connectivity index is 0.000000893. The fourth-order valence-corrected chi connectivity index (χ4v) is 6.30. The third-order valence-electron chi connectivity index (χ3n) is 8.35. The number of anilines is 1. The number of phenolic OH excluding ortho intramolecular Hbond substituents is 1. The average Bonchev–Trinajstić information content (AvgIpc) is 3.70. The Morgan fingerprint density at radius 2 is 1.15 bits per heavy atom. The normalized spacial score (nSPS) is 9.41. The van der Waals surface area contributed by atoms with Gasteiger partial charge < -0.3 is 46.1 Å². The van der Waals surface area contributed by atoms with Crippen LogP contribution in [-0.4, -0.2) is 43.1 Å². The average molecular weight is 1300 g/mol. The Morgan fingerprint density at radius 1 is 0.721 bits per heavy atom. The summed E-state index contributed by atoms with van der Waals surface area (Å²) < 4.78 is 52.2. The summed E-state index contributed by atoms with van der Waals surface area (Å²) in [4.78, 5) is 11.2. The molecule has 0 atom stereocenters. The van der Waals surface area contributed by atoms with E-state index in [1.54, 1.807) is 44.6 Å². The van der Waals surface area contributed by atoms with Crippen LogP contribution in [0.5, 0.6) is 34.5 Å². The van der Waals surface area contributed by atoms with Gasteiger partial charge >= 0.3 is 138 Å². The maximum Gasteiger partial charge on any atom is 1.00 e. The molecule has 1 heterocycles. The number of phenols is 1. The van der Waals surface area contributed by atoms with Gasteiger partial charge in [-0.3, -0.25) is 9.89 Å². The van der Waals surface area contributed by atoms with Crippen molar-refractivity contribution in [3.63, 3.8) is 0 Å². The number of fused-ring (bicyclic) bond motifs is 1. The molecule has 0 saturated heterocycles. The number of rotatable bonds is 11. The number of ether oxygens (including phenoxy) is 5. The third kappa shape index (κ3) is 21.2. The number of aromatic amines is 1. The topological polar surface area (TPSA) is 218 Å². The van der Waals surface area contributed by atoms with E-state index in [4.69, 9.17) is 89.9 Å². The predicted octanol–water partition coefficient (Wildman–Crippen LogP) is 4.53. The number of nitrogens with zero attached hydrogens (tertiary/aromatic N) is 3. The summed E-state index contributed by atoms with van der Waals surface area (Å²) in [6, 6.07) is 33.0. The molecule has 0 unspecified atom stereocenters. The quantitative estimate of drug-likeness (QED) is 0.0704. The summed E-state index contributed by atoms with van der Waals surface area (Å²) >= 11 is 21.3. The molecule has 0 aliphatic rings. The molecule has 0 spiro atoms. The first-order valence-electron chi connectivity index (χ1n) is 18.6. The minimum Gasteiger partial charge on any atom is -1.00 e. The van der Waals surface area contributed by atoms with E-state index in [0.29, 0.717) is 44.7 Å². The van der Waals surface area contributed by atoms with Crippen LogP contribution < -0.4 is 172 Å². The molecule has 0 aliphatic heterocycles. The standard InChI is InChI=1S/C15H11ClFNO2.C15H14ClN3O2.C8H8BrClO.C7H4FNO.CH2O3.2Cs.H/c1-19-15-5-2-10(6-13(15)16)9-20-12-4-3-11(8-18)14(17)7-12;1-20-14-5-2-9(6-12(14)16)8-21-10-3-4-11-13(7-10)18-19-15(11)17;1-11-8-3-2-6(5-9)4-7(8)10;8-7-3-6(10)2-1-5(7)4-9;2-1-4-3;;;/h2-7H,9H2,1H3;2-7H,8H2,1H3,(H3,17,18,19);2-4H,5H2,1H3;1-3,10H;1,3H;;;/q;;;;;2*+1;-1/p-1. The van der Waals surface area contributed by atoms with E-state index in [2.05, 4.69) is 31.0 Å². The summed E-state index contributed by atoms with van der Waals surface area (Å²) in [5, 5.41) is 44.2. The zero-order chi connectivity index (χ0) is 48.6. The molecule has 22 heteroatoms. The number of carbonyl (C=O) groups excluding carboxylic acids is 1. The van der Waals surface area contributed by atoms with Crippen LogP contribution in [0.15, 0.2) is 109 Å². The number of aromatic nitrogens is 2. The van der Waals surface area contributed by atoms with Crippen LogP contribution >= 0.6 is 50.7 Å². The predicted molar refractivity (Wildman–Crippen MR) is 248 cm³/mol. The van der Waals surface area contributed by atoms with Crippen molar-refractivity contribution in [1.29, 1.82) is 10.5 Å². The van der Waals surface area contributed by atoms with E-state index in [1.165, 1.54) is 31.4 Å². The maximum absolute atomic E-state index is 13.4. The fraction of sp³-hybridized carbons (Fsp3) is 0.130. The number of hydrogen-bond donors (Lipinski definition) is 3. The van der Waals surface area contributed by atoms with E-state index in [1.807, 2.05) is 60.7 Å². The van der Waals surface area contributed by atoms with Crippen molar-refractivity contribution >= 4 is 73.9 Å². The second-order valence-corrected chi connectivity index (χ2v) is 14.4. The molecule has 0 saturated carbocycles. The summed E-state index contributed by atoms with van der Waals surface area (Å²) in [6.45, 7) is 0.480. The van der Waals surface area contributed by atoms with Gasteiger partial charge in [-0.1, -0.05) is 68.9 Å². The van der Waals surface area contributed by atoms with Crippen molar-refractivity contribution in [1.82, 2.24) is 10.2 Å². The number of nitrogen functional groups attached to an aromatic ring is 1. The zero-order valence-corrected chi connectivity index (χ0v) is 53.4. The van der Waals surface area contributed by atoms with Gasteiger partial charge in [-0.2, -0.15) is 15.6 Å². The first kappa shape index (κ1) is 63.1. The van der Waals surface area contributed by atoms with Crippen molar-refractivity contribution in [3.8, 4) is 46.6 Å². The van der Waals surface area contributed by atoms with Crippen LogP contribution in [0.25, 0.3) is 10.9 Å². The Bertz CT molecular complexity index is 2790. The number of nitrogens with two attached hydrogens (primary N) is 1. The van der Waals surface area contributed by atoms with Crippen molar-refractivity contribution in [2.24, 2.45) is 0 Å². The molecule has 7 rings (SSSR count). The van der Waals surface area contributed by atoms with Crippen molar-refractivity contribution in [3.05, 3.63) is 164 Å². The number of hydrogen-bond acceptors (Lipinski definition) is 13. The Hall–Kier alpha value is -2.89. The van der Waals surface area contributed by atoms with Crippen LogP contribution in [0.1, 0.15) is 29.2 Å². The van der Waals surface area contributed by atoms with Gasteiger partial charge in [0.15, 0.2) is 5.82 Å². The van der Waals surface area contributed by atoms with Crippen LogP contribution in [-0.2, 0) is 28.2 Å². The number of methoxy groups -OCH3 is 3. The second kappa shape index (κ2) is 34.4. The van der Waals surface area contributed by atoms with Gasteiger partial charge in [-0.25, -0.2) is 8.78 Å². The minimum atomic E-state index is -0.692. The molecule has 1 aromatic heterocycles. The van der Waals surface area contributed by atoms with Gasteiger partial charge in [0.1, 0.15) is 71.5 Å². The molecular formula is C46H39BrCl3Cs2F2N5O9. The van der Waals surface area contributed by atoms with Gasteiger partial charge in [0, 0.05) is 28.9 Å². The number of benzene rings is 6. The monoisotopic (exact) mass is 1290 g/mol. The molecule has 7 aromatic rings. The van der Waals surface area contributed by atoms with Crippen LogP contribution in [0, 0.1) is 34.3 Å². The molecule has 68 heavy (non-hydrogen) atoms. The van der Waals surface area contributed by atoms with Crippen LogP contribution in [0.2, 0.25) is 15.1 Å². The smallest absolute Gasteiger partial charge is 1.00 e. The van der Waals surface area contributed by atoms with Gasteiger partial charge in [-0.15, -0.1) is 0 Å². The number of aromatic hydroxyl groups is 1. The molecule has 14 nitrogen and oxygen atoms in total.